The van der Waals surface area contributed by atoms with Gasteiger partial charge in [-0.05, 0) is 0 Å². The van der Waals surface area contributed by atoms with E-state index in [9.17, 15) is 0 Å². The first kappa shape index (κ1) is 16.6. The van der Waals surface area contributed by atoms with Gasteiger partial charge in [0.2, 0.25) is 0 Å². The average Bonchev–Trinajstić information content (AvgIpc) is 2.19. The van der Waals surface area contributed by atoms with Gasteiger partial charge in [0.05, 0.1) is 0 Å². The van der Waals surface area contributed by atoms with Crippen molar-refractivity contribution in [2.45, 2.75) is 45.4 Å². The molecule has 0 saturated heterocycles. The van der Waals surface area contributed by atoms with E-state index in [1.807, 2.05) is 0 Å². The zero-order valence-electron chi connectivity index (χ0n) is 10.0. The molecule has 0 aromatic rings. The Morgan fingerprint density at radius 1 is 1.00 bits per heavy atom. The predicted octanol–water partition coefficient (Wildman–Crippen LogP) is 2.48. The second kappa shape index (κ2) is 10.8. The summed E-state index contributed by atoms with van der Waals surface area (Å²) >= 11 is 1.20. The summed E-state index contributed by atoms with van der Waals surface area (Å²) in [7, 11) is -3.85. The molecular formula is C10H25O4PS. The van der Waals surface area contributed by atoms with E-state index in [-0.39, 0.29) is 6.16 Å². The topological polar surface area (TPSA) is 69.9 Å². The van der Waals surface area contributed by atoms with Crippen LogP contribution in [-0.4, -0.2) is 33.2 Å². The molecule has 0 aliphatic carbocycles. The molecule has 0 bridgehead atoms. The zero-order valence-corrected chi connectivity index (χ0v) is 11.8. The number of rotatable bonds is 11. The van der Waals surface area contributed by atoms with Crippen molar-refractivity contribution in [1.29, 1.82) is 0 Å². The Kier molecular flexibility index (Phi) is 11.2. The molecule has 0 aromatic heterocycles. The second-order valence-electron chi connectivity index (χ2n) is 3.94. The SMILES string of the molecule is CCCCCCCCOSCC[PH](O)(O)O. The van der Waals surface area contributed by atoms with Crippen molar-refractivity contribution in [2.75, 3.05) is 18.5 Å². The Morgan fingerprint density at radius 3 is 2.25 bits per heavy atom. The van der Waals surface area contributed by atoms with Gasteiger partial charge in [0.25, 0.3) is 0 Å². The van der Waals surface area contributed by atoms with Crippen LogP contribution in [-0.2, 0) is 4.18 Å². The van der Waals surface area contributed by atoms with E-state index in [1.165, 1.54) is 44.1 Å². The molecule has 100 valence electrons. The van der Waals surface area contributed by atoms with Crippen molar-refractivity contribution >= 4 is 20.0 Å². The van der Waals surface area contributed by atoms with Crippen molar-refractivity contribution in [3.05, 3.63) is 0 Å². The van der Waals surface area contributed by atoms with E-state index in [0.29, 0.717) is 12.4 Å². The third-order valence-corrected chi connectivity index (χ3v) is 4.17. The molecular weight excluding hydrogens is 247 g/mol. The standard InChI is InChI=1S/C10H25O4PS/c1-2-3-4-5-6-7-8-14-16-10-9-15(11,12)13/h11-13,15H,2-10H2,1H3. The minimum atomic E-state index is -3.85. The Morgan fingerprint density at radius 2 is 1.62 bits per heavy atom. The first-order chi connectivity index (χ1) is 7.56. The Bertz CT molecular complexity index is 152. The molecule has 0 radical (unpaired) electrons. The molecule has 3 N–H and O–H groups in total. The third kappa shape index (κ3) is 14.6. The molecule has 0 saturated carbocycles. The van der Waals surface area contributed by atoms with Crippen molar-refractivity contribution in [1.82, 2.24) is 0 Å². The van der Waals surface area contributed by atoms with Gasteiger partial charge in [0.1, 0.15) is 0 Å². The zero-order chi connectivity index (χ0) is 12.3. The second-order valence-corrected chi connectivity index (χ2v) is 6.86. The summed E-state index contributed by atoms with van der Waals surface area (Å²) in [6.07, 6.45) is 7.43. The first-order valence-corrected chi connectivity index (χ1v) is 8.93. The summed E-state index contributed by atoms with van der Waals surface area (Å²) in [6.45, 7) is 2.90. The van der Waals surface area contributed by atoms with Gasteiger partial charge in [0, 0.05) is 0 Å². The molecule has 0 rings (SSSR count). The van der Waals surface area contributed by atoms with E-state index in [1.54, 1.807) is 0 Å². The van der Waals surface area contributed by atoms with Crippen molar-refractivity contribution < 1.29 is 18.9 Å². The van der Waals surface area contributed by atoms with E-state index in [2.05, 4.69) is 6.92 Å². The van der Waals surface area contributed by atoms with Gasteiger partial charge < -0.3 is 0 Å². The average molecular weight is 272 g/mol. The van der Waals surface area contributed by atoms with Crippen LogP contribution in [0.15, 0.2) is 0 Å². The quantitative estimate of drug-likeness (QED) is 0.306. The molecule has 0 fully saturated rings. The summed E-state index contributed by atoms with van der Waals surface area (Å²) in [5.41, 5.74) is 0. The van der Waals surface area contributed by atoms with Gasteiger partial charge >= 0.3 is 103 Å². The summed E-state index contributed by atoms with van der Waals surface area (Å²) in [6, 6.07) is 0. The predicted molar refractivity (Wildman–Crippen MR) is 71.6 cm³/mol. The fourth-order valence-electron chi connectivity index (χ4n) is 1.24. The molecule has 0 amide bonds. The van der Waals surface area contributed by atoms with E-state index < -0.39 is 7.94 Å². The molecule has 0 aliphatic rings. The number of hydrogen-bond acceptors (Lipinski definition) is 5. The van der Waals surface area contributed by atoms with Crippen LogP contribution in [0.4, 0.5) is 0 Å². The Hall–Kier alpha value is 0.620. The van der Waals surface area contributed by atoms with Crippen LogP contribution in [0.25, 0.3) is 0 Å². The first-order valence-electron chi connectivity index (χ1n) is 5.98. The van der Waals surface area contributed by atoms with Gasteiger partial charge in [-0.2, -0.15) is 0 Å². The maximum absolute atomic E-state index is 8.72. The van der Waals surface area contributed by atoms with Crippen LogP contribution in [0.5, 0.6) is 0 Å². The van der Waals surface area contributed by atoms with Crippen LogP contribution < -0.4 is 0 Å². The number of unbranched alkanes of at least 4 members (excludes halogenated alkanes) is 5. The van der Waals surface area contributed by atoms with Gasteiger partial charge in [-0.1, -0.05) is 0 Å². The normalized spacial score (nSPS) is 13.0. The number of hydrogen-bond donors (Lipinski definition) is 3. The van der Waals surface area contributed by atoms with E-state index in [4.69, 9.17) is 18.9 Å². The third-order valence-electron chi connectivity index (χ3n) is 2.19. The monoisotopic (exact) mass is 272 g/mol. The Balaban J connectivity index is 2.99. The van der Waals surface area contributed by atoms with Crippen molar-refractivity contribution in [3.8, 4) is 0 Å². The van der Waals surface area contributed by atoms with Crippen molar-refractivity contribution in [3.63, 3.8) is 0 Å². The molecule has 0 atom stereocenters. The van der Waals surface area contributed by atoms with Crippen LogP contribution in [0.2, 0.25) is 0 Å². The van der Waals surface area contributed by atoms with Gasteiger partial charge in [-0.3, -0.25) is 0 Å². The van der Waals surface area contributed by atoms with Gasteiger partial charge in [-0.25, -0.2) is 0 Å². The molecule has 4 nitrogen and oxygen atoms in total. The molecule has 0 spiro atoms. The van der Waals surface area contributed by atoms with Gasteiger partial charge in [-0.15, -0.1) is 0 Å². The molecule has 0 aromatic carbocycles. The van der Waals surface area contributed by atoms with E-state index >= 15 is 0 Å². The van der Waals surface area contributed by atoms with Crippen molar-refractivity contribution in [2.24, 2.45) is 0 Å². The van der Waals surface area contributed by atoms with Crippen LogP contribution in [0.1, 0.15) is 45.4 Å². The molecule has 6 heteroatoms. The minimum absolute atomic E-state index is 0.0359. The summed E-state index contributed by atoms with van der Waals surface area (Å²) in [5.74, 6) is 0.436. The summed E-state index contributed by atoms with van der Waals surface area (Å²) < 4.78 is 5.24. The summed E-state index contributed by atoms with van der Waals surface area (Å²) in [5, 5.41) is 0. The Labute approximate surface area is 103 Å². The van der Waals surface area contributed by atoms with E-state index in [0.717, 1.165) is 6.42 Å². The maximum atomic E-state index is 8.72. The summed E-state index contributed by atoms with van der Waals surface area (Å²) in [4.78, 5) is 26.2. The molecule has 0 heterocycles. The van der Waals surface area contributed by atoms with Gasteiger partial charge in [0.15, 0.2) is 0 Å². The fraction of sp³-hybridized carbons (Fsp3) is 1.00. The van der Waals surface area contributed by atoms with Crippen LogP contribution in [0, 0.1) is 0 Å². The fourth-order valence-corrected chi connectivity index (χ4v) is 3.02. The molecule has 0 aliphatic heterocycles. The molecule has 0 unspecified atom stereocenters. The van der Waals surface area contributed by atoms with Crippen LogP contribution >= 0.6 is 20.0 Å². The molecule has 16 heavy (non-hydrogen) atoms. The van der Waals surface area contributed by atoms with Crippen LogP contribution in [0.3, 0.4) is 0 Å².